The highest BCUT2D eigenvalue weighted by atomic mass is 15.2. The van der Waals surface area contributed by atoms with Crippen LogP contribution in [0.15, 0.2) is 12.5 Å². The zero-order chi connectivity index (χ0) is 10.8. The standard InChI is InChI=1S/C13H21N3/c1-2-4-13(5-3-1)6-7-16(10-13)9-12-8-14-11-15-12/h8,11H,1-7,9-10H2,(H,14,15). The molecule has 1 aromatic heterocycles. The normalized spacial score (nSPS) is 25.2. The summed E-state index contributed by atoms with van der Waals surface area (Å²) in [4.78, 5) is 9.88. The molecule has 1 saturated heterocycles. The minimum Gasteiger partial charge on any atom is -0.347 e. The lowest BCUT2D eigenvalue weighted by Crippen LogP contribution is -2.29. The Hall–Kier alpha value is -0.830. The van der Waals surface area contributed by atoms with Crippen LogP contribution in [-0.2, 0) is 6.54 Å². The molecule has 0 bridgehead atoms. The molecule has 16 heavy (non-hydrogen) atoms. The topological polar surface area (TPSA) is 31.9 Å². The van der Waals surface area contributed by atoms with E-state index in [4.69, 9.17) is 0 Å². The van der Waals surface area contributed by atoms with Crippen molar-refractivity contribution in [3.63, 3.8) is 0 Å². The first-order chi connectivity index (χ1) is 7.86. The number of likely N-dealkylation sites (tertiary alicyclic amines) is 1. The number of aromatic nitrogens is 2. The number of nitrogens with one attached hydrogen (secondary N) is 1. The number of nitrogens with zero attached hydrogens (tertiary/aromatic N) is 2. The Bertz CT molecular complexity index is 325. The van der Waals surface area contributed by atoms with E-state index in [9.17, 15) is 0 Å². The molecule has 0 unspecified atom stereocenters. The van der Waals surface area contributed by atoms with Gasteiger partial charge in [-0.05, 0) is 31.2 Å². The van der Waals surface area contributed by atoms with Crippen LogP contribution in [0.1, 0.15) is 44.2 Å². The molecule has 1 saturated carbocycles. The van der Waals surface area contributed by atoms with Gasteiger partial charge in [-0.1, -0.05) is 19.3 Å². The van der Waals surface area contributed by atoms with Crippen molar-refractivity contribution in [3.05, 3.63) is 18.2 Å². The van der Waals surface area contributed by atoms with Crippen LogP contribution in [0.5, 0.6) is 0 Å². The van der Waals surface area contributed by atoms with Crippen LogP contribution in [0, 0.1) is 5.41 Å². The molecule has 3 rings (SSSR count). The smallest absolute Gasteiger partial charge is 0.0922 e. The van der Waals surface area contributed by atoms with Crippen molar-refractivity contribution >= 4 is 0 Å². The summed E-state index contributed by atoms with van der Waals surface area (Å²) in [5.74, 6) is 0. The van der Waals surface area contributed by atoms with Crippen LogP contribution >= 0.6 is 0 Å². The first-order valence-electron chi connectivity index (χ1n) is 6.56. The Morgan fingerprint density at radius 1 is 1.25 bits per heavy atom. The van der Waals surface area contributed by atoms with E-state index < -0.39 is 0 Å². The van der Waals surface area contributed by atoms with Crippen molar-refractivity contribution in [3.8, 4) is 0 Å². The van der Waals surface area contributed by atoms with Gasteiger partial charge in [0.05, 0.1) is 6.33 Å². The third kappa shape index (κ3) is 2.01. The monoisotopic (exact) mass is 219 g/mol. The van der Waals surface area contributed by atoms with Gasteiger partial charge in [0.1, 0.15) is 0 Å². The van der Waals surface area contributed by atoms with Gasteiger partial charge in [0.2, 0.25) is 0 Å². The molecule has 1 aromatic rings. The quantitative estimate of drug-likeness (QED) is 0.829. The Balaban J connectivity index is 1.60. The molecule has 2 fully saturated rings. The van der Waals surface area contributed by atoms with Gasteiger partial charge in [-0.25, -0.2) is 4.98 Å². The van der Waals surface area contributed by atoms with E-state index in [1.165, 1.54) is 57.3 Å². The van der Waals surface area contributed by atoms with Crippen molar-refractivity contribution in [2.24, 2.45) is 5.41 Å². The van der Waals surface area contributed by atoms with Gasteiger partial charge >= 0.3 is 0 Å². The Morgan fingerprint density at radius 3 is 2.88 bits per heavy atom. The molecule has 3 nitrogen and oxygen atoms in total. The first kappa shape index (κ1) is 10.3. The number of hydrogen-bond acceptors (Lipinski definition) is 2. The largest absolute Gasteiger partial charge is 0.347 e. The lowest BCUT2D eigenvalue weighted by Gasteiger charge is -2.33. The average Bonchev–Trinajstić information content (AvgIpc) is 2.92. The third-order valence-electron chi connectivity index (χ3n) is 4.38. The second-order valence-corrected chi connectivity index (χ2v) is 5.60. The lowest BCUT2D eigenvalue weighted by molar-refractivity contribution is 0.183. The summed E-state index contributed by atoms with van der Waals surface area (Å²) < 4.78 is 0. The summed E-state index contributed by atoms with van der Waals surface area (Å²) in [6.07, 6.45) is 12.5. The fourth-order valence-electron chi connectivity index (χ4n) is 3.48. The van der Waals surface area contributed by atoms with Gasteiger partial charge in [0, 0.05) is 25.0 Å². The number of imidazole rings is 1. The first-order valence-corrected chi connectivity index (χ1v) is 6.56. The van der Waals surface area contributed by atoms with Crippen molar-refractivity contribution in [1.82, 2.24) is 14.9 Å². The summed E-state index contributed by atoms with van der Waals surface area (Å²) in [5, 5.41) is 0. The molecule has 0 aromatic carbocycles. The van der Waals surface area contributed by atoms with E-state index >= 15 is 0 Å². The van der Waals surface area contributed by atoms with Crippen LogP contribution in [0.2, 0.25) is 0 Å². The van der Waals surface area contributed by atoms with Crippen molar-refractivity contribution < 1.29 is 0 Å². The molecule has 88 valence electrons. The van der Waals surface area contributed by atoms with Crippen molar-refractivity contribution in [2.45, 2.75) is 45.1 Å². The fraction of sp³-hybridized carbons (Fsp3) is 0.769. The summed E-state index contributed by atoms with van der Waals surface area (Å²) >= 11 is 0. The molecule has 0 atom stereocenters. The zero-order valence-corrected chi connectivity index (χ0v) is 9.91. The Kier molecular flexibility index (Phi) is 2.72. The minimum atomic E-state index is 0.679. The maximum Gasteiger partial charge on any atom is 0.0922 e. The van der Waals surface area contributed by atoms with Crippen LogP contribution in [0.4, 0.5) is 0 Å². The molecule has 1 spiro atoms. The van der Waals surface area contributed by atoms with Gasteiger partial charge in [0.15, 0.2) is 0 Å². The second kappa shape index (κ2) is 4.21. The molecule has 1 aliphatic heterocycles. The highest BCUT2D eigenvalue weighted by molar-refractivity contribution is 4.98. The summed E-state index contributed by atoms with van der Waals surface area (Å²) in [6.45, 7) is 3.65. The molecule has 2 aliphatic rings. The zero-order valence-electron chi connectivity index (χ0n) is 9.91. The molecule has 1 N–H and O–H groups in total. The van der Waals surface area contributed by atoms with Crippen molar-refractivity contribution in [1.29, 1.82) is 0 Å². The van der Waals surface area contributed by atoms with Crippen molar-refractivity contribution in [2.75, 3.05) is 13.1 Å². The van der Waals surface area contributed by atoms with E-state index in [1.54, 1.807) is 6.33 Å². The maximum atomic E-state index is 4.09. The van der Waals surface area contributed by atoms with E-state index in [0.717, 1.165) is 6.54 Å². The van der Waals surface area contributed by atoms with Gasteiger partial charge in [0.25, 0.3) is 0 Å². The van der Waals surface area contributed by atoms with Gasteiger partial charge in [-0.3, -0.25) is 4.90 Å². The minimum absolute atomic E-state index is 0.679. The van der Waals surface area contributed by atoms with Gasteiger partial charge in [-0.15, -0.1) is 0 Å². The summed E-state index contributed by atoms with van der Waals surface area (Å²) in [6, 6.07) is 0. The highest BCUT2D eigenvalue weighted by Gasteiger charge is 2.38. The molecular formula is C13H21N3. The number of hydrogen-bond donors (Lipinski definition) is 1. The predicted molar refractivity (Wildman–Crippen MR) is 64.0 cm³/mol. The highest BCUT2D eigenvalue weighted by Crippen LogP contribution is 2.43. The Labute approximate surface area is 97.3 Å². The van der Waals surface area contributed by atoms with Crippen LogP contribution in [0.25, 0.3) is 0 Å². The number of H-pyrrole nitrogens is 1. The van der Waals surface area contributed by atoms with Gasteiger partial charge < -0.3 is 4.98 Å². The van der Waals surface area contributed by atoms with Gasteiger partial charge in [-0.2, -0.15) is 0 Å². The fourth-order valence-corrected chi connectivity index (χ4v) is 3.48. The van der Waals surface area contributed by atoms with Crippen LogP contribution in [0.3, 0.4) is 0 Å². The summed E-state index contributed by atoms with van der Waals surface area (Å²) in [5.41, 5.74) is 1.94. The van der Waals surface area contributed by atoms with E-state index in [1.807, 2.05) is 6.20 Å². The van der Waals surface area contributed by atoms with E-state index in [-0.39, 0.29) is 0 Å². The molecular weight excluding hydrogens is 198 g/mol. The maximum absolute atomic E-state index is 4.09. The second-order valence-electron chi connectivity index (χ2n) is 5.60. The number of aromatic amines is 1. The molecule has 1 aliphatic carbocycles. The number of rotatable bonds is 2. The third-order valence-corrected chi connectivity index (χ3v) is 4.38. The van der Waals surface area contributed by atoms with Crippen LogP contribution < -0.4 is 0 Å². The molecule has 3 heteroatoms. The lowest BCUT2D eigenvalue weighted by atomic mass is 9.73. The predicted octanol–water partition coefficient (Wildman–Crippen LogP) is 2.57. The molecule has 2 heterocycles. The van der Waals surface area contributed by atoms with E-state index in [0.29, 0.717) is 5.41 Å². The Morgan fingerprint density at radius 2 is 2.12 bits per heavy atom. The molecule has 0 radical (unpaired) electrons. The van der Waals surface area contributed by atoms with E-state index in [2.05, 4.69) is 14.9 Å². The molecule has 0 amide bonds. The summed E-state index contributed by atoms with van der Waals surface area (Å²) in [7, 11) is 0. The SMILES string of the molecule is c1ncc(CN2CCC3(CCCCC3)C2)[nH]1. The van der Waals surface area contributed by atoms with Crippen LogP contribution in [-0.4, -0.2) is 28.0 Å². The average molecular weight is 219 g/mol.